The zero-order valence-corrected chi connectivity index (χ0v) is 15.7. The van der Waals surface area contributed by atoms with Crippen LogP contribution < -0.4 is 14.8 Å². The van der Waals surface area contributed by atoms with E-state index < -0.39 is 0 Å². The number of hydrogen-bond acceptors (Lipinski definition) is 8. The number of ether oxygens (including phenoxy) is 2. The van der Waals surface area contributed by atoms with Crippen LogP contribution in [-0.4, -0.2) is 29.0 Å². The first kappa shape index (κ1) is 19.3. The third-order valence-electron chi connectivity index (χ3n) is 3.50. The number of carbonyl (C=O) groups is 1. The standard InChI is InChI=1S/C19H16N4O4S/c1-25-14-6-4-7-15(9-14)26-11-18-22-23-19(27-18)28-12-17(24)21-16-8-3-2-5-13(16)10-20/h2-9H,11-12H2,1H3,(H,21,24). The number of amides is 1. The fraction of sp³-hybridized carbons (Fsp3) is 0.158. The Labute approximate surface area is 165 Å². The lowest BCUT2D eigenvalue weighted by Crippen LogP contribution is -2.14. The van der Waals surface area contributed by atoms with Gasteiger partial charge in [-0.3, -0.25) is 4.79 Å². The number of hydrogen-bond donors (Lipinski definition) is 1. The molecule has 0 fully saturated rings. The van der Waals surface area contributed by atoms with Crippen molar-refractivity contribution in [2.24, 2.45) is 0 Å². The lowest BCUT2D eigenvalue weighted by atomic mass is 10.2. The summed E-state index contributed by atoms with van der Waals surface area (Å²) in [5.41, 5.74) is 0.865. The molecular formula is C19H16N4O4S. The fourth-order valence-corrected chi connectivity index (χ4v) is 2.77. The lowest BCUT2D eigenvalue weighted by molar-refractivity contribution is -0.113. The normalized spacial score (nSPS) is 10.1. The average Bonchev–Trinajstić information content (AvgIpc) is 3.19. The van der Waals surface area contributed by atoms with Crippen LogP contribution in [0.2, 0.25) is 0 Å². The highest BCUT2D eigenvalue weighted by atomic mass is 32.2. The van der Waals surface area contributed by atoms with Gasteiger partial charge in [0.1, 0.15) is 17.6 Å². The van der Waals surface area contributed by atoms with Crippen molar-refractivity contribution in [1.82, 2.24) is 10.2 Å². The number of benzene rings is 2. The number of carbonyl (C=O) groups excluding carboxylic acids is 1. The summed E-state index contributed by atoms with van der Waals surface area (Å²) in [4.78, 5) is 12.1. The number of aromatic nitrogens is 2. The van der Waals surface area contributed by atoms with Gasteiger partial charge in [0.25, 0.3) is 11.1 Å². The third-order valence-corrected chi connectivity index (χ3v) is 4.32. The first-order valence-electron chi connectivity index (χ1n) is 8.19. The van der Waals surface area contributed by atoms with Gasteiger partial charge in [0.05, 0.1) is 24.1 Å². The second-order valence-electron chi connectivity index (χ2n) is 5.42. The van der Waals surface area contributed by atoms with Gasteiger partial charge in [-0.25, -0.2) is 0 Å². The Morgan fingerprint density at radius 1 is 1.21 bits per heavy atom. The van der Waals surface area contributed by atoms with Crippen molar-refractivity contribution in [3.63, 3.8) is 0 Å². The van der Waals surface area contributed by atoms with Gasteiger partial charge in [-0.15, -0.1) is 10.2 Å². The largest absolute Gasteiger partial charge is 0.497 e. The van der Waals surface area contributed by atoms with Crippen molar-refractivity contribution >= 4 is 23.4 Å². The molecule has 0 atom stereocenters. The second-order valence-corrected chi connectivity index (χ2v) is 6.35. The molecule has 0 unspecified atom stereocenters. The van der Waals surface area contributed by atoms with E-state index in [0.29, 0.717) is 28.6 Å². The minimum Gasteiger partial charge on any atom is -0.497 e. The maximum atomic E-state index is 12.1. The van der Waals surface area contributed by atoms with Gasteiger partial charge in [-0.2, -0.15) is 5.26 Å². The van der Waals surface area contributed by atoms with Gasteiger partial charge < -0.3 is 19.2 Å². The molecule has 0 spiro atoms. The third kappa shape index (κ3) is 5.25. The minimum atomic E-state index is -0.278. The zero-order valence-electron chi connectivity index (χ0n) is 14.9. The molecule has 1 amide bonds. The maximum absolute atomic E-state index is 12.1. The van der Waals surface area contributed by atoms with E-state index in [1.165, 1.54) is 0 Å². The molecule has 2 aromatic carbocycles. The Hall–Kier alpha value is -3.51. The molecule has 0 aliphatic rings. The SMILES string of the molecule is COc1cccc(OCc2nnc(SCC(=O)Nc3ccccc3C#N)o2)c1. The van der Waals surface area contributed by atoms with Crippen molar-refractivity contribution in [3.05, 3.63) is 60.0 Å². The summed E-state index contributed by atoms with van der Waals surface area (Å²) in [6.45, 7) is 0.0997. The van der Waals surface area contributed by atoms with Gasteiger partial charge in [0, 0.05) is 6.07 Å². The predicted octanol–water partition coefficient (Wildman–Crippen LogP) is 3.26. The van der Waals surface area contributed by atoms with E-state index in [9.17, 15) is 4.79 Å². The quantitative estimate of drug-likeness (QED) is 0.578. The summed E-state index contributed by atoms with van der Waals surface area (Å²) in [5, 5.41) is 19.8. The number of thioether (sulfide) groups is 1. The van der Waals surface area contributed by atoms with E-state index in [0.717, 1.165) is 11.8 Å². The van der Waals surface area contributed by atoms with Crippen LogP contribution in [0.15, 0.2) is 58.2 Å². The number of para-hydroxylation sites is 1. The molecule has 0 aliphatic heterocycles. The van der Waals surface area contributed by atoms with E-state index in [4.69, 9.17) is 19.2 Å². The van der Waals surface area contributed by atoms with Crippen LogP contribution >= 0.6 is 11.8 Å². The molecule has 1 N–H and O–H groups in total. The van der Waals surface area contributed by atoms with Crippen LogP contribution in [0.25, 0.3) is 0 Å². The summed E-state index contributed by atoms with van der Waals surface area (Å²) in [6.07, 6.45) is 0. The molecule has 0 aliphatic carbocycles. The van der Waals surface area contributed by atoms with Gasteiger partial charge in [0.2, 0.25) is 5.91 Å². The van der Waals surface area contributed by atoms with Crippen LogP contribution in [0, 0.1) is 11.3 Å². The Morgan fingerprint density at radius 3 is 2.86 bits per heavy atom. The van der Waals surface area contributed by atoms with Crippen LogP contribution in [-0.2, 0) is 11.4 Å². The molecule has 0 bridgehead atoms. The highest BCUT2D eigenvalue weighted by Gasteiger charge is 2.12. The number of rotatable bonds is 8. The lowest BCUT2D eigenvalue weighted by Gasteiger charge is -2.05. The van der Waals surface area contributed by atoms with Crippen molar-refractivity contribution in [3.8, 4) is 17.6 Å². The zero-order chi connectivity index (χ0) is 19.8. The van der Waals surface area contributed by atoms with Crippen LogP contribution in [0.3, 0.4) is 0 Å². The van der Waals surface area contributed by atoms with Crippen LogP contribution in [0.5, 0.6) is 11.5 Å². The molecule has 9 heteroatoms. The molecule has 142 valence electrons. The van der Waals surface area contributed by atoms with E-state index >= 15 is 0 Å². The van der Waals surface area contributed by atoms with Gasteiger partial charge >= 0.3 is 0 Å². The fourth-order valence-electron chi connectivity index (χ4n) is 2.19. The van der Waals surface area contributed by atoms with Crippen LogP contribution in [0.4, 0.5) is 5.69 Å². The summed E-state index contributed by atoms with van der Waals surface area (Å²) in [6, 6.07) is 16.0. The number of methoxy groups -OCH3 is 1. The molecule has 1 heterocycles. The summed E-state index contributed by atoms with van der Waals surface area (Å²) < 4.78 is 16.2. The Morgan fingerprint density at radius 2 is 2.04 bits per heavy atom. The first-order chi connectivity index (χ1) is 13.7. The van der Waals surface area contributed by atoms with Crippen molar-refractivity contribution < 1.29 is 18.7 Å². The molecule has 3 aromatic rings. The van der Waals surface area contributed by atoms with Crippen LogP contribution in [0.1, 0.15) is 11.5 Å². The number of nitrogens with one attached hydrogen (secondary N) is 1. The van der Waals surface area contributed by atoms with Crippen molar-refractivity contribution in [1.29, 1.82) is 5.26 Å². The summed E-state index contributed by atoms with van der Waals surface area (Å²) in [5.74, 6) is 1.38. The molecule has 1 aromatic heterocycles. The maximum Gasteiger partial charge on any atom is 0.277 e. The van der Waals surface area contributed by atoms with Gasteiger partial charge in [-0.05, 0) is 24.3 Å². The Balaban J connectivity index is 1.49. The van der Waals surface area contributed by atoms with E-state index in [-0.39, 0.29) is 23.5 Å². The highest BCUT2D eigenvalue weighted by molar-refractivity contribution is 7.99. The Kier molecular flexibility index (Phi) is 6.49. The molecule has 8 nitrogen and oxygen atoms in total. The monoisotopic (exact) mass is 396 g/mol. The van der Waals surface area contributed by atoms with E-state index in [1.807, 2.05) is 18.2 Å². The molecule has 0 saturated heterocycles. The highest BCUT2D eigenvalue weighted by Crippen LogP contribution is 2.21. The van der Waals surface area contributed by atoms with Gasteiger partial charge in [-0.1, -0.05) is 30.0 Å². The topological polar surface area (TPSA) is 110 Å². The molecule has 3 rings (SSSR count). The van der Waals surface area contributed by atoms with Crippen molar-refractivity contribution in [2.75, 3.05) is 18.2 Å². The smallest absolute Gasteiger partial charge is 0.277 e. The number of nitrogens with zero attached hydrogens (tertiary/aromatic N) is 3. The van der Waals surface area contributed by atoms with E-state index in [2.05, 4.69) is 15.5 Å². The molecular weight excluding hydrogens is 380 g/mol. The molecule has 28 heavy (non-hydrogen) atoms. The summed E-state index contributed by atoms with van der Waals surface area (Å²) >= 11 is 1.10. The minimum absolute atomic E-state index is 0.0676. The summed E-state index contributed by atoms with van der Waals surface area (Å²) in [7, 11) is 1.58. The Bertz CT molecular complexity index is 999. The van der Waals surface area contributed by atoms with Gasteiger partial charge in [0.15, 0.2) is 6.61 Å². The molecule has 0 saturated carbocycles. The van der Waals surface area contributed by atoms with Crippen molar-refractivity contribution in [2.45, 2.75) is 11.8 Å². The second kappa shape index (κ2) is 9.43. The van der Waals surface area contributed by atoms with E-state index in [1.54, 1.807) is 43.5 Å². The average molecular weight is 396 g/mol. The molecule has 0 radical (unpaired) electrons. The number of nitriles is 1. The number of anilines is 1. The first-order valence-corrected chi connectivity index (χ1v) is 9.17. The predicted molar refractivity (Wildman–Crippen MR) is 102 cm³/mol.